The van der Waals surface area contributed by atoms with Crippen molar-refractivity contribution in [3.05, 3.63) is 28.8 Å². The lowest BCUT2D eigenvalue weighted by atomic mass is 10.2. The third-order valence-corrected chi connectivity index (χ3v) is 2.26. The molecule has 1 aromatic carbocycles. The molecule has 1 aromatic rings. The molecule has 20 heavy (non-hydrogen) atoms. The highest BCUT2D eigenvalue weighted by Gasteiger charge is 2.23. The van der Waals surface area contributed by atoms with Crippen LogP contribution in [0.25, 0.3) is 0 Å². The standard InChI is InChI=1S/C13H13ClO6/c1-7(15)18-12-6-10(14)4-5-11(12)13(19-8(2)16)20-9(3)17/h4-6,13H,1-3H3. The zero-order valence-electron chi connectivity index (χ0n) is 11.1. The van der Waals surface area contributed by atoms with Crippen LogP contribution in [0.2, 0.25) is 5.02 Å². The third-order valence-electron chi connectivity index (χ3n) is 2.03. The van der Waals surface area contributed by atoms with Crippen LogP contribution in [0.5, 0.6) is 5.75 Å². The average Bonchev–Trinajstić information content (AvgIpc) is 2.25. The molecule has 0 fully saturated rings. The van der Waals surface area contributed by atoms with Crippen LogP contribution in [0.15, 0.2) is 18.2 Å². The van der Waals surface area contributed by atoms with Gasteiger partial charge in [-0.15, -0.1) is 0 Å². The fraction of sp³-hybridized carbons (Fsp3) is 0.308. The Morgan fingerprint density at radius 1 is 1.00 bits per heavy atom. The van der Waals surface area contributed by atoms with Gasteiger partial charge in [0.05, 0.1) is 5.56 Å². The van der Waals surface area contributed by atoms with Crippen LogP contribution in [0.4, 0.5) is 0 Å². The van der Waals surface area contributed by atoms with Crippen molar-refractivity contribution in [1.29, 1.82) is 0 Å². The Morgan fingerprint density at radius 3 is 2.00 bits per heavy atom. The topological polar surface area (TPSA) is 78.9 Å². The van der Waals surface area contributed by atoms with Crippen LogP contribution in [0.1, 0.15) is 32.6 Å². The Morgan fingerprint density at radius 2 is 1.55 bits per heavy atom. The fourth-order valence-corrected chi connectivity index (χ4v) is 1.56. The lowest BCUT2D eigenvalue weighted by molar-refractivity contribution is -0.186. The highest BCUT2D eigenvalue weighted by Crippen LogP contribution is 2.31. The van der Waals surface area contributed by atoms with Crippen molar-refractivity contribution < 1.29 is 28.6 Å². The summed E-state index contributed by atoms with van der Waals surface area (Å²) in [5.41, 5.74) is 0.204. The van der Waals surface area contributed by atoms with Crippen molar-refractivity contribution in [3.63, 3.8) is 0 Å². The Kier molecular flexibility index (Phi) is 5.52. The zero-order chi connectivity index (χ0) is 15.3. The first-order valence-electron chi connectivity index (χ1n) is 5.62. The molecule has 108 valence electrons. The summed E-state index contributed by atoms with van der Waals surface area (Å²) in [7, 11) is 0. The molecule has 6 nitrogen and oxygen atoms in total. The largest absolute Gasteiger partial charge is 0.426 e. The summed E-state index contributed by atoms with van der Waals surface area (Å²) in [6.45, 7) is 3.53. The molecule has 0 spiro atoms. The van der Waals surface area contributed by atoms with Crippen LogP contribution in [0.3, 0.4) is 0 Å². The maximum atomic E-state index is 11.1. The van der Waals surface area contributed by atoms with E-state index in [4.69, 9.17) is 25.8 Å². The Hall–Kier alpha value is -2.08. The fourth-order valence-electron chi connectivity index (χ4n) is 1.40. The molecule has 0 saturated heterocycles. The molecule has 0 amide bonds. The quantitative estimate of drug-likeness (QED) is 0.482. The van der Waals surface area contributed by atoms with Gasteiger partial charge in [-0.05, 0) is 12.1 Å². The van der Waals surface area contributed by atoms with Gasteiger partial charge in [0.1, 0.15) is 5.75 Å². The summed E-state index contributed by atoms with van der Waals surface area (Å²) in [5.74, 6) is -1.84. The second-order valence-corrected chi connectivity index (χ2v) is 4.26. The van der Waals surface area contributed by atoms with E-state index in [0.29, 0.717) is 5.02 Å². The number of rotatable bonds is 4. The number of hydrogen-bond acceptors (Lipinski definition) is 6. The van der Waals surface area contributed by atoms with E-state index in [-0.39, 0.29) is 11.3 Å². The normalized spacial score (nSPS) is 10.1. The van der Waals surface area contributed by atoms with Crippen molar-refractivity contribution >= 4 is 29.5 Å². The molecule has 0 aliphatic heterocycles. The van der Waals surface area contributed by atoms with Gasteiger partial charge < -0.3 is 14.2 Å². The second-order valence-electron chi connectivity index (χ2n) is 3.83. The van der Waals surface area contributed by atoms with Gasteiger partial charge in [0.15, 0.2) is 0 Å². The van der Waals surface area contributed by atoms with E-state index in [1.807, 2.05) is 0 Å². The first kappa shape index (κ1) is 16.0. The SMILES string of the molecule is CC(=O)Oc1cc(Cl)ccc1C(OC(C)=O)OC(C)=O. The molecule has 0 unspecified atom stereocenters. The first-order valence-corrected chi connectivity index (χ1v) is 5.99. The monoisotopic (exact) mass is 300 g/mol. The number of benzene rings is 1. The predicted molar refractivity (Wildman–Crippen MR) is 69.0 cm³/mol. The molecular weight excluding hydrogens is 288 g/mol. The predicted octanol–water partition coefficient (Wildman–Crippen LogP) is 2.39. The molecule has 0 atom stereocenters. The van der Waals surface area contributed by atoms with Crippen molar-refractivity contribution in [3.8, 4) is 5.75 Å². The Balaban J connectivity index is 3.19. The van der Waals surface area contributed by atoms with Crippen molar-refractivity contribution in [2.45, 2.75) is 27.1 Å². The van der Waals surface area contributed by atoms with Crippen LogP contribution >= 0.6 is 11.6 Å². The smallest absolute Gasteiger partial charge is 0.308 e. The number of ether oxygens (including phenoxy) is 3. The summed E-state index contributed by atoms with van der Waals surface area (Å²) in [6.07, 6.45) is -1.31. The van der Waals surface area contributed by atoms with Gasteiger partial charge in [0, 0.05) is 31.9 Å². The van der Waals surface area contributed by atoms with Crippen molar-refractivity contribution in [2.24, 2.45) is 0 Å². The van der Waals surface area contributed by atoms with E-state index in [1.54, 1.807) is 0 Å². The molecule has 0 aliphatic rings. The number of carbonyl (C=O) groups excluding carboxylic acids is 3. The van der Waals surface area contributed by atoms with Gasteiger partial charge in [-0.3, -0.25) is 14.4 Å². The third kappa shape index (κ3) is 4.89. The maximum Gasteiger partial charge on any atom is 0.308 e. The number of carbonyl (C=O) groups is 3. The zero-order valence-corrected chi connectivity index (χ0v) is 11.9. The maximum absolute atomic E-state index is 11.1. The number of esters is 3. The lowest BCUT2D eigenvalue weighted by Crippen LogP contribution is -2.16. The van der Waals surface area contributed by atoms with E-state index in [0.717, 1.165) is 13.8 Å². The summed E-state index contributed by atoms with van der Waals surface area (Å²) < 4.78 is 14.8. The van der Waals surface area contributed by atoms with Crippen LogP contribution in [-0.2, 0) is 23.9 Å². The van der Waals surface area contributed by atoms with Crippen LogP contribution in [-0.4, -0.2) is 17.9 Å². The molecule has 0 aromatic heterocycles. The van der Waals surface area contributed by atoms with E-state index < -0.39 is 24.2 Å². The van der Waals surface area contributed by atoms with Gasteiger partial charge in [0.25, 0.3) is 6.29 Å². The minimum Gasteiger partial charge on any atom is -0.426 e. The minimum absolute atomic E-state index is 0.0532. The van der Waals surface area contributed by atoms with Gasteiger partial charge in [-0.2, -0.15) is 0 Å². The molecule has 0 N–H and O–H groups in total. The van der Waals surface area contributed by atoms with E-state index in [2.05, 4.69) is 0 Å². The molecule has 0 aliphatic carbocycles. The second kappa shape index (κ2) is 6.91. The lowest BCUT2D eigenvalue weighted by Gasteiger charge is -2.19. The Labute approximate surface area is 120 Å². The number of hydrogen-bond donors (Lipinski definition) is 0. The average molecular weight is 301 g/mol. The highest BCUT2D eigenvalue weighted by molar-refractivity contribution is 6.30. The van der Waals surface area contributed by atoms with Gasteiger partial charge in [0.2, 0.25) is 0 Å². The van der Waals surface area contributed by atoms with Crippen LogP contribution in [0, 0.1) is 0 Å². The molecule has 7 heteroatoms. The van der Waals surface area contributed by atoms with E-state index >= 15 is 0 Å². The first-order chi connectivity index (χ1) is 9.29. The van der Waals surface area contributed by atoms with Crippen molar-refractivity contribution in [2.75, 3.05) is 0 Å². The summed E-state index contributed by atoms with van der Waals surface area (Å²) in [6, 6.07) is 4.29. The molecule has 1 rings (SSSR count). The van der Waals surface area contributed by atoms with Gasteiger partial charge >= 0.3 is 17.9 Å². The van der Waals surface area contributed by atoms with Crippen LogP contribution < -0.4 is 4.74 Å². The molecule has 0 heterocycles. The summed E-state index contributed by atoms with van der Waals surface area (Å²) >= 11 is 5.81. The molecule has 0 bridgehead atoms. The summed E-state index contributed by atoms with van der Waals surface area (Å²) in [5, 5.41) is 0.314. The van der Waals surface area contributed by atoms with Gasteiger partial charge in [-0.25, -0.2) is 0 Å². The van der Waals surface area contributed by atoms with E-state index in [1.165, 1.54) is 25.1 Å². The minimum atomic E-state index is -1.31. The molecule has 0 radical (unpaired) electrons. The molecule has 0 saturated carbocycles. The summed E-state index contributed by atoms with van der Waals surface area (Å²) in [4.78, 5) is 33.2. The number of halogens is 1. The highest BCUT2D eigenvalue weighted by atomic mass is 35.5. The van der Waals surface area contributed by atoms with Crippen molar-refractivity contribution in [1.82, 2.24) is 0 Å². The van der Waals surface area contributed by atoms with Gasteiger partial charge in [-0.1, -0.05) is 11.6 Å². The van der Waals surface area contributed by atoms with E-state index in [9.17, 15) is 14.4 Å². The molecular formula is C13H13ClO6. The Bertz CT molecular complexity index is 524.